The Morgan fingerprint density at radius 3 is 2.62 bits per heavy atom. The Balaban J connectivity index is 1.77. The van der Waals surface area contributed by atoms with Crippen molar-refractivity contribution in [1.82, 2.24) is 10.6 Å². The maximum atomic E-state index is 12.4. The van der Waals surface area contributed by atoms with Crippen LogP contribution in [0, 0.1) is 17.0 Å². The number of benzene rings is 1. The Kier molecular flexibility index (Phi) is 3.63. The van der Waals surface area contributed by atoms with E-state index in [4.69, 9.17) is 0 Å². The Bertz CT molecular complexity index is 576. The van der Waals surface area contributed by atoms with Crippen LogP contribution in [0.2, 0.25) is 0 Å². The predicted octanol–water partition coefficient (Wildman–Crippen LogP) is 1.92. The summed E-state index contributed by atoms with van der Waals surface area (Å²) in [5, 5.41) is 17.7. The number of fused-ring (bicyclic) bond motifs is 2. The predicted molar refractivity (Wildman–Crippen MR) is 78.3 cm³/mol. The number of hydrogen-bond donors (Lipinski definition) is 2. The summed E-state index contributed by atoms with van der Waals surface area (Å²) in [6.45, 7) is 1.65. The van der Waals surface area contributed by atoms with Crippen molar-refractivity contribution in [2.75, 3.05) is 0 Å². The first-order valence-electron chi connectivity index (χ1n) is 7.35. The number of nitrogens with one attached hydrogen (secondary N) is 2. The van der Waals surface area contributed by atoms with Gasteiger partial charge in [-0.15, -0.1) is 0 Å². The number of nitro groups is 1. The van der Waals surface area contributed by atoms with Crippen molar-refractivity contribution in [2.45, 2.75) is 50.7 Å². The Morgan fingerprint density at radius 2 is 2.00 bits per heavy atom. The highest BCUT2D eigenvalue weighted by Crippen LogP contribution is 2.28. The van der Waals surface area contributed by atoms with E-state index in [1.165, 1.54) is 6.07 Å². The minimum Gasteiger partial charge on any atom is -0.349 e. The molecule has 6 heteroatoms. The molecule has 2 heterocycles. The number of amides is 1. The number of piperidine rings is 1. The standard InChI is InChI=1S/C15H19N3O3/c1-9-3-2-4-13(14(9)18(20)21)15(19)17-12-7-10-5-6-11(8-12)16-10/h2-4,10-12,16H,5-8H2,1H3,(H,17,19). The maximum absolute atomic E-state index is 12.4. The zero-order chi connectivity index (χ0) is 15.0. The summed E-state index contributed by atoms with van der Waals surface area (Å²) in [7, 11) is 0. The number of carbonyl (C=O) groups is 1. The first-order valence-corrected chi connectivity index (χ1v) is 7.35. The summed E-state index contributed by atoms with van der Waals surface area (Å²) in [5.41, 5.74) is 0.579. The zero-order valence-electron chi connectivity index (χ0n) is 12.0. The van der Waals surface area contributed by atoms with Crippen LogP contribution < -0.4 is 10.6 Å². The van der Waals surface area contributed by atoms with Gasteiger partial charge in [0.2, 0.25) is 0 Å². The highest BCUT2D eigenvalue weighted by molar-refractivity contribution is 5.98. The molecule has 1 aromatic carbocycles. The molecular formula is C15H19N3O3. The van der Waals surface area contributed by atoms with E-state index in [1.54, 1.807) is 19.1 Å². The molecule has 2 aliphatic heterocycles. The molecule has 2 fully saturated rings. The van der Waals surface area contributed by atoms with Gasteiger partial charge in [-0.1, -0.05) is 12.1 Å². The third-order valence-corrected chi connectivity index (χ3v) is 4.47. The molecule has 2 saturated heterocycles. The lowest BCUT2D eigenvalue weighted by molar-refractivity contribution is -0.385. The van der Waals surface area contributed by atoms with Crippen LogP contribution in [0.25, 0.3) is 0 Å². The van der Waals surface area contributed by atoms with E-state index >= 15 is 0 Å². The van der Waals surface area contributed by atoms with Crippen molar-refractivity contribution >= 4 is 11.6 Å². The summed E-state index contributed by atoms with van der Waals surface area (Å²) in [6.07, 6.45) is 4.12. The second kappa shape index (κ2) is 5.44. The average molecular weight is 289 g/mol. The first-order chi connectivity index (χ1) is 10.0. The summed E-state index contributed by atoms with van der Waals surface area (Å²) in [4.78, 5) is 23.1. The number of rotatable bonds is 3. The Labute approximate surface area is 123 Å². The molecule has 2 atom stereocenters. The van der Waals surface area contributed by atoms with E-state index in [2.05, 4.69) is 10.6 Å². The van der Waals surface area contributed by atoms with Crippen molar-refractivity contribution < 1.29 is 9.72 Å². The highest BCUT2D eigenvalue weighted by Gasteiger charge is 2.34. The van der Waals surface area contributed by atoms with Gasteiger partial charge in [-0.2, -0.15) is 0 Å². The average Bonchev–Trinajstić information content (AvgIpc) is 2.77. The number of nitrogens with zero attached hydrogens (tertiary/aromatic N) is 1. The van der Waals surface area contributed by atoms with Crippen molar-refractivity contribution in [2.24, 2.45) is 0 Å². The molecule has 0 spiro atoms. The van der Waals surface area contributed by atoms with E-state index in [-0.39, 0.29) is 23.2 Å². The molecule has 0 aromatic heterocycles. The molecule has 21 heavy (non-hydrogen) atoms. The molecule has 1 amide bonds. The van der Waals surface area contributed by atoms with E-state index in [0.717, 1.165) is 25.7 Å². The Morgan fingerprint density at radius 1 is 1.33 bits per heavy atom. The van der Waals surface area contributed by atoms with Crippen molar-refractivity contribution in [3.05, 3.63) is 39.4 Å². The summed E-state index contributed by atoms with van der Waals surface area (Å²) in [6, 6.07) is 5.92. The zero-order valence-corrected chi connectivity index (χ0v) is 12.0. The van der Waals surface area contributed by atoms with Crippen LogP contribution in [-0.2, 0) is 0 Å². The van der Waals surface area contributed by atoms with E-state index in [0.29, 0.717) is 17.6 Å². The molecular weight excluding hydrogens is 270 g/mol. The Hall–Kier alpha value is -1.95. The van der Waals surface area contributed by atoms with E-state index < -0.39 is 4.92 Å². The monoisotopic (exact) mass is 289 g/mol. The van der Waals surface area contributed by atoms with Gasteiger partial charge in [0.25, 0.3) is 11.6 Å². The number of nitro benzene ring substituents is 1. The number of aryl methyl sites for hydroxylation is 1. The normalized spacial score (nSPS) is 27.4. The van der Waals surface area contributed by atoms with Crippen LogP contribution in [0.5, 0.6) is 0 Å². The first kappa shape index (κ1) is 14.0. The molecule has 0 aliphatic carbocycles. The van der Waals surface area contributed by atoms with E-state index in [1.807, 2.05) is 0 Å². The van der Waals surface area contributed by atoms with Gasteiger partial charge in [-0.25, -0.2) is 0 Å². The molecule has 3 rings (SSSR count). The van der Waals surface area contributed by atoms with Gasteiger partial charge in [0, 0.05) is 23.7 Å². The van der Waals surface area contributed by atoms with Gasteiger partial charge in [-0.05, 0) is 38.7 Å². The second-order valence-corrected chi connectivity index (χ2v) is 6.01. The van der Waals surface area contributed by atoms with E-state index in [9.17, 15) is 14.9 Å². The lowest BCUT2D eigenvalue weighted by atomic mass is 9.99. The molecule has 2 aliphatic rings. The van der Waals surface area contributed by atoms with Crippen molar-refractivity contribution in [1.29, 1.82) is 0 Å². The van der Waals surface area contributed by atoms with Gasteiger partial charge < -0.3 is 10.6 Å². The van der Waals surface area contributed by atoms with Crippen molar-refractivity contribution in [3.8, 4) is 0 Å². The fourth-order valence-corrected chi connectivity index (χ4v) is 3.52. The fraction of sp³-hybridized carbons (Fsp3) is 0.533. The summed E-state index contributed by atoms with van der Waals surface area (Å²) in [5.74, 6) is -0.336. The summed E-state index contributed by atoms with van der Waals surface area (Å²) < 4.78 is 0. The lowest BCUT2D eigenvalue weighted by Crippen LogP contribution is -2.48. The third kappa shape index (κ3) is 2.76. The largest absolute Gasteiger partial charge is 0.349 e. The molecule has 2 unspecified atom stereocenters. The smallest absolute Gasteiger partial charge is 0.285 e. The molecule has 6 nitrogen and oxygen atoms in total. The van der Waals surface area contributed by atoms with Gasteiger partial charge >= 0.3 is 0 Å². The van der Waals surface area contributed by atoms with Crippen LogP contribution in [0.1, 0.15) is 41.6 Å². The third-order valence-electron chi connectivity index (χ3n) is 4.47. The van der Waals surface area contributed by atoms with Crippen molar-refractivity contribution in [3.63, 3.8) is 0 Å². The van der Waals surface area contributed by atoms with Crippen LogP contribution in [0.4, 0.5) is 5.69 Å². The maximum Gasteiger partial charge on any atom is 0.285 e. The molecule has 1 aromatic rings. The van der Waals surface area contributed by atoms with Gasteiger partial charge in [-0.3, -0.25) is 14.9 Å². The molecule has 112 valence electrons. The fourth-order valence-electron chi connectivity index (χ4n) is 3.52. The number of para-hydroxylation sites is 1. The number of hydrogen-bond acceptors (Lipinski definition) is 4. The van der Waals surface area contributed by atoms with Crippen LogP contribution in [0.15, 0.2) is 18.2 Å². The molecule has 2 N–H and O–H groups in total. The second-order valence-electron chi connectivity index (χ2n) is 6.01. The van der Waals surface area contributed by atoms with Gasteiger partial charge in [0.05, 0.1) is 4.92 Å². The van der Waals surface area contributed by atoms with Crippen LogP contribution in [-0.4, -0.2) is 29.0 Å². The van der Waals surface area contributed by atoms with Crippen LogP contribution in [0.3, 0.4) is 0 Å². The SMILES string of the molecule is Cc1cccc(C(=O)NC2CC3CCC(C2)N3)c1[N+](=O)[O-]. The summed E-state index contributed by atoms with van der Waals surface area (Å²) >= 11 is 0. The molecule has 0 radical (unpaired) electrons. The van der Waals surface area contributed by atoms with Gasteiger partial charge in [0.15, 0.2) is 0 Å². The topological polar surface area (TPSA) is 84.3 Å². The minimum absolute atomic E-state index is 0.0908. The highest BCUT2D eigenvalue weighted by atomic mass is 16.6. The number of carbonyl (C=O) groups excluding carboxylic acids is 1. The lowest BCUT2D eigenvalue weighted by Gasteiger charge is -2.29. The molecule has 0 saturated carbocycles. The minimum atomic E-state index is -0.476. The quantitative estimate of drug-likeness (QED) is 0.657. The molecule has 2 bridgehead atoms. The van der Waals surface area contributed by atoms with Gasteiger partial charge in [0.1, 0.15) is 5.56 Å². The van der Waals surface area contributed by atoms with Crippen LogP contribution >= 0.6 is 0 Å².